The van der Waals surface area contributed by atoms with Gasteiger partial charge in [-0.3, -0.25) is 4.79 Å². The smallest absolute Gasteiger partial charge is 0.255 e. The molecule has 0 aromatic carbocycles. The van der Waals surface area contributed by atoms with Crippen molar-refractivity contribution in [3.05, 3.63) is 23.5 Å². The zero-order valence-corrected chi connectivity index (χ0v) is 15.2. The number of aromatic nitrogens is 3. The number of amides is 1. The standard InChI is InChI=1S/C19H28N4O/c1-5-22(16-9-7-6-8-10-16)19(24)17-11-15-12-20-23(13(2)3)18(15)21-14(17)4/h11-13,16H,5-10H2,1-4H3. The molecule has 0 aliphatic heterocycles. The Morgan fingerprint density at radius 1 is 1.33 bits per heavy atom. The quantitative estimate of drug-likeness (QED) is 0.848. The first kappa shape index (κ1) is 16.9. The highest BCUT2D eigenvalue weighted by Crippen LogP contribution is 2.26. The van der Waals surface area contributed by atoms with E-state index in [0.29, 0.717) is 6.04 Å². The van der Waals surface area contributed by atoms with E-state index in [1.807, 2.05) is 28.8 Å². The fourth-order valence-corrected chi connectivity index (χ4v) is 3.78. The molecule has 2 heterocycles. The van der Waals surface area contributed by atoms with Gasteiger partial charge in [0.2, 0.25) is 0 Å². The topological polar surface area (TPSA) is 51.0 Å². The van der Waals surface area contributed by atoms with Gasteiger partial charge in [-0.05, 0) is 46.6 Å². The van der Waals surface area contributed by atoms with Crippen molar-refractivity contribution in [3.8, 4) is 0 Å². The molecule has 0 spiro atoms. The summed E-state index contributed by atoms with van der Waals surface area (Å²) in [5.74, 6) is 0.119. The van der Waals surface area contributed by atoms with Crippen molar-refractivity contribution >= 4 is 16.9 Å². The van der Waals surface area contributed by atoms with Crippen LogP contribution in [-0.2, 0) is 0 Å². The Balaban J connectivity index is 1.95. The second-order valence-corrected chi connectivity index (χ2v) is 7.10. The van der Waals surface area contributed by atoms with E-state index >= 15 is 0 Å². The normalized spacial score (nSPS) is 16.0. The molecule has 0 atom stereocenters. The highest BCUT2D eigenvalue weighted by molar-refractivity contribution is 5.98. The lowest BCUT2D eigenvalue weighted by molar-refractivity contribution is 0.0647. The summed E-state index contributed by atoms with van der Waals surface area (Å²) in [6.07, 6.45) is 7.82. The van der Waals surface area contributed by atoms with Crippen LogP contribution in [0, 0.1) is 6.92 Å². The van der Waals surface area contributed by atoms with E-state index in [9.17, 15) is 4.79 Å². The third-order valence-corrected chi connectivity index (χ3v) is 5.10. The molecule has 1 aliphatic carbocycles. The van der Waals surface area contributed by atoms with Gasteiger partial charge in [0.25, 0.3) is 5.91 Å². The van der Waals surface area contributed by atoms with E-state index in [2.05, 4.69) is 25.9 Å². The Morgan fingerprint density at radius 3 is 2.67 bits per heavy atom. The van der Waals surface area contributed by atoms with Gasteiger partial charge in [0.15, 0.2) is 5.65 Å². The molecule has 1 fully saturated rings. The zero-order chi connectivity index (χ0) is 17.3. The van der Waals surface area contributed by atoms with E-state index in [0.717, 1.165) is 41.7 Å². The number of hydrogen-bond donors (Lipinski definition) is 0. The van der Waals surface area contributed by atoms with Crippen LogP contribution in [0.5, 0.6) is 0 Å². The summed E-state index contributed by atoms with van der Waals surface area (Å²) in [5.41, 5.74) is 2.38. The molecule has 5 nitrogen and oxygen atoms in total. The maximum absolute atomic E-state index is 13.1. The highest BCUT2D eigenvalue weighted by atomic mass is 16.2. The molecule has 5 heteroatoms. The molecule has 3 rings (SSSR count). The largest absolute Gasteiger partial charge is 0.336 e. The predicted octanol–water partition coefficient (Wildman–Crippen LogP) is 4.12. The molecule has 0 saturated heterocycles. The fourth-order valence-electron chi connectivity index (χ4n) is 3.78. The Kier molecular flexibility index (Phi) is 4.88. The van der Waals surface area contributed by atoms with Crippen LogP contribution in [0.3, 0.4) is 0 Å². The summed E-state index contributed by atoms with van der Waals surface area (Å²) in [6.45, 7) is 8.94. The number of pyridine rings is 1. The van der Waals surface area contributed by atoms with Gasteiger partial charge in [0, 0.05) is 24.0 Å². The summed E-state index contributed by atoms with van der Waals surface area (Å²) >= 11 is 0. The van der Waals surface area contributed by atoms with Crippen molar-refractivity contribution < 1.29 is 4.79 Å². The summed E-state index contributed by atoms with van der Waals surface area (Å²) < 4.78 is 1.91. The maximum Gasteiger partial charge on any atom is 0.255 e. The second kappa shape index (κ2) is 6.91. The first-order valence-corrected chi connectivity index (χ1v) is 9.18. The van der Waals surface area contributed by atoms with Gasteiger partial charge in [-0.15, -0.1) is 0 Å². The van der Waals surface area contributed by atoms with E-state index in [1.165, 1.54) is 19.3 Å². The van der Waals surface area contributed by atoms with Crippen LogP contribution in [-0.4, -0.2) is 38.2 Å². The lowest BCUT2D eigenvalue weighted by atomic mass is 9.93. The number of hydrogen-bond acceptors (Lipinski definition) is 3. The van der Waals surface area contributed by atoms with E-state index in [1.54, 1.807) is 0 Å². The van der Waals surface area contributed by atoms with E-state index in [4.69, 9.17) is 4.98 Å². The lowest BCUT2D eigenvalue weighted by Crippen LogP contribution is -2.41. The van der Waals surface area contributed by atoms with Gasteiger partial charge in [-0.1, -0.05) is 19.3 Å². The van der Waals surface area contributed by atoms with Crippen molar-refractivity contribution in [2.24, 2.45) is 0 Å². The number of nitrogens with zero attached hydrogens (tertiary/aromatic N) is 4. The molecule has 0 unspecified atom stereocenters. The predicted molar refractivity (Wildman–Crippen MR) is 96.2 cm³/mol. The van der Waals surface area contributed by atoms with Gasteiger partial charge >= 0.3 is 0 Å². The van der Waals surface area contributed by atoms with Crippen LogP contribution in [0.4, 0.5) is 0 Å². The van der Waals surface area contributed by atoms with Crippen LogP contribution < -0.4 is 0 Å². The fraction of sp³-hybridized carbons (Fsp3) is 0.632. The summed E-state index contributed by atoms with van der Waals surface area (Å²) in [5, 5.41) is 5.36. The molecular formula is C19H28N4O. The van der Waals surface area contributed by atoms with Gasteiger partial charge in [-0.25, -0.2) is 9.67 Å². The number of carbonyl (C=O) groups excluding carboxylic acids is 1. The number of rotatable bonds is 4. The van der Waals surface area contributed by atoms with Crippen molar-refractivity contribution in [2.45, 2.75) is 71.9 Å². The highest BCUT2D eigenvalue weighted by Gasteiger charge is 2.26. The molecule has 2 aromatic heterocycles. The molecule has 130 valence electrons. The summed E-state index contributed by atoms with van der Waals surface area (Å²) in [6, 6.07) is 2.60. The first-order valence-electron chi connectivity index (χ1n) is 9.18. The Hall–Kier alpha value is -1.91. The molecule has 1 saturated carbocycles. The van der Waals surface area contributed by atoms with E-state index < -0.39 is 0 Å². The molecule has 24 heavy (non-hydrogen) atoms. The van der Waals surface area contributed by atoms with Gasteiger partial charge in [0.05, 0.1) is 17.5 Å². The van der Waals surface area contributed by atoms with Crippen molar-refractivity contribution in [1.29, 1.82) is 0 Å². The SMILES string of the molecule is CCN(C(=O)c1cc2cnn(C(C)C)c2nc1C)C1CCCCC1. The van der Waals surface area contributed by atoms with Crippen LogP contribution in [0.1, 0.15) is 75.0 Å². The Bertz CT molecular complexity index is 728. The molecule has 0 radical (unpaired) electrons. The van der Waals surface area contributed by atoms with Gasteiger partial charge in [0.1, 0.15) is 0 Å². The number of carbonyl (C=O) groups is 1. The minimum absolute atomic E-state index is 0.119. The summed E-state index contributed by atoms with van der Waals surface area (Å²) in [4.78, 5) is 19.9. The van der Waals surface area contributed by atoms with Gasteiger partial charge in [-0.2, -0.15) is 5.10 Å². The molecule has 2 aromatic rings. The first-order chi connectivity index (χ1) is 11.5. The average molecular weight is 328 g/mol. The molecule has 1 amide bonds. The number of aryl methyl sites for hydroxylation is 1. The monoisotopic (exact) mass is 328 g/mol. The Labute approximate surface area is 144 Å². The third-order valence-electron chi connectivity index (χ3n) is 5.10. The lowest BCUT2D eigenvalue weighted by Gasteiger charge is -2.34. The number of fused-ring (bicyclic) bond motifs is 1. The van der Waals surface area contributed by atoms with Crippen LogP contribution in [0.2, 0.25) is 0 Å². The van der Waals surface area contributed by atoms with Crippen LogP contribution in [0.15, 0.2) is 12.3 Å². The minimum Gasteiger partial charge on any atom is -0.336 e. The van der Waals surface area contributed by atoms with Crippen molar-refractivity contribution in [1.82, 2.24) is 19.7 Å². The van der Waals surface area contributed by atoms with Crippen LogP contribution in [0.25, 0.3) is 11.0 Å². The average Bonchev–Trinajstić information content (AvgIpc) is 2.98. The van der Waals surface area contributed by atoms with Crippen LogP contribution >= 0.6 is 0 Å². The molecule has 1 aliphatic rings. The molecule has 0 bridgehead atoms. The zero-order valence-electron chi connectivity index (χ0n) is 15.2. The molecular weight excluding hydrogens is 300 g/mol. The minimum atomic E-state index is 0.119. The second-order valence-electron chi connectivity index (χ2n) is 7.10. The van der Waals surface area contributed by atoms with Crippen molar-refractivity contribution in [3.63, 3.8) is 0 Å². The van der Waals surface area contributed by atoms with E-state index in [-0.39, 0.29) is 11.9 Å². The Morgan fingerprint density at radius 2 is 2.04 bits per heavy atom. The summed E-state index contributed by atoms with van der Waals surface area (Å²) in [7, 11) is 0. The van der Waals surface area contributed by atoms with Crippen molar-refractivity contribution in [2.75, 3.05) is 6.54 Å². The molecule has 0 N–H and O–H groups in total. The third kappa shape index (κ3) is 3.04. The maximum atomic E-state index is 13.1. The van der Waals surface area contributed by atoms with Gasteiger partial charge < -0.3 is 4.90 Å².